The molecule has 6 heteroatoms. The second-order valence-corrected chi connectivity index (χ2v) is 8.15. The first-order valence-electron chi connectivity index (χ1n) is 8.47. The van der Waals surface area contributed by atoms with Crippen LogP contribution in [0.1, 0.15) is 24.4 Å². The number of likely N-dealkylation sites (tertiary alicyclic amines) is 1. The summed E-state index contributed by atoms with van der Waals surface area (Å²) in [4.78, 5) is 5.71. The summed E-state index contributed by atoms with van der Waals surface area (Å²) in [6.45, 7) is 2.97. The van der Waals surface area contributed by atoms with Crippen LogP contribution in [-0.2, 0) is 6.54 Å². The fourth-order valence-corrected chi connectivity index (χ4v) is 4.53. The van der Waals surface area contributed by atoms with Gasteiger partial charge in [-0.15, -0.1) is 0 Å². The van der Waals surface area contributed by atoms with Gasteiger partial charge in [0, 0.05) is 25.2 Å². The highest BCUT2D eigenvalue weighted by atomic mass is 127. The highest BCUT2D eigenvalue weighted by Crippen LogP contribution is 2.29. The SMILES string of the molecule is Fc1cc2c(cc1I)[nH]c(=S)n2C1CCCN(Cc2ccccc2)C1. The summed E-state index contributed by atoms with van der Waals surface area (Å²) in [5.41, 5.74) is 3.11. The van der Waals surface area contributed by atoms with E-state index in [2.05, 4.69) is 38.7 Å². The average Bonchev–Trinajstić information content (AvgIpc) is 2.91. The summed E-state index contributed by atoms with van der Waals surface area (Å²) in [5.74, 6) is -0.187. The monoisotopic (exact) mass is 467 g/mol. The lowest BCUT2D eigenvalue weighted by molar-refractivity contribution is 0.171. The summed E-state index contributed by atoms with van der Waals surface area (Å²) >= 11 is 7.57. The lowest BCUT2D eigenvalue weighted by Crippen LogP contribution is -2.36. The van der Waals surface area contributed by atoms with Crippen LogP contribution in [0.2, 0.25) is 0 Å². The Morgan fingerprint density at radius 1 is 1.24 bits per heavy atom. The maximum Gasteiger partial charge on any atom is 0.178 e. The maximum absolute atomic E-state index is 14.1. The molecule has 0 aliphatic carbocycles. The molecule has 130 valence electrons. The number of aromatic nitrogens is 2. The van der Waals surface area contributed by atoms with E-state index in [0.717, 1.165) is 43.5 Å². The number of fused-ring (bicyclic) bond motifs is 1. The lowest BCUT2D eigenvalue weighted by Gasteiger charge is -2.33. The maximum atomic E-state index is 14.1. The third kappa shape index (κ3) is 3.52. The Morgan fingerprint density at radius 3 is 2.84 bits per heavy atom. The van der Waals surface area contributed by atoms with E-state index < -0.39 is 0 Å². The summed E-state index contributed by atoms with van der Waals surface area (Å²) in [6.07, 6.45) is 2.19. The molecule has 1 aliphatic rings. The molecule has 1 unspecified atom stereocenters. The quantitative estimate of drug-likeness (QED) is 0.419. The minimum absolute atomic E-state index is 0.187. The molecule has 25 heavy (non-hydrogen) atoms. The van der Waals surface area contributed by atoms with Gasteiger partial charge >= 0.3 is 0 Å². The largest absolute Gasteiger partial charge is 0.331 e. The summed E-state index contributed by atoms with van der Waals surface area (Å²) in [7, 11) is 0. The Labute approximate surface area is 165 Å². The molecular formula is C19H19FIN3S. The van der Waals surface area contributed by atoms with Gasteiger partial charge < -0.3 is 9.55 Å². The van der Waals surface area contributed by atoms with Crippen molar-refractivity contribution in [3.05, 3.63) is 62.2 Å². The minimum Gasteiger partial charge on any atom is -0.331 e. The molecule has 1 aliphatic heterocycles. The van der Waals surface area contributed by atoms with Crippen molar-refractivity contribution in [3.8, 4) is 0 Å². The zero-order valence-electron chi connectivity index (χ0n) is 13.7. The number of aromatic amines is 1. The summed E-state index contributed by atoms with van der Waals surface area (Å²) in [5, 5.41) is 0. The van der Waals surface area contributed by atoms with Gasteiger partial charge in [0.1, 0.15) is 5.82 Å². The van der Waals surface area contributed by atoms with Crippen molar-refractivity contribution in [2.75, 3.05) is 13.1 Å². The smallest absolute Gasteiger partial charge is 0.178 e. The second-order valence-electron chi connectivity index (χ2n) is 6.60. The molecular weight excluding hydrogens is 448 g/mol. The number of imidazole rings is 1. The van der Waals surface area contributed by atoms with Crippen molar-refractivity contribution in [1.29, 1.82) is 0 Å². The predicted octanol–water partition coefficient (Wildman–Crippen LogP) is 5.28. The highest BCUT2D eigenvalue weighted by molar-refractivity contribution is 14.1. The minimum atomic E-state index is -0.187. The number of H-pyrrole nitrogens is 1. The number of nitrogens with one attached hydrogen (secondary N) is 1. The van der Waals surface area contributed by atoms with Crippen LogP contribution in [-0.4, -0.2) is 27.5 Å². The topological polar surface area (TPSA) is 24.0 Å². The van der Waals surface area contributed by atoms with Gasteiger partial charge in [-0.05, 0) is 65.8 Å². The van der Waals surface area contributed by atoms with Crippen LogP contribution in [0.4, 0.5) is 4.39 Å². The van der Waals surface area contributed by atoms with Gasteiger partial charge in [0.2, 0.25) is 0 Å². The number of nitrogens with zero attached hydrogens (tertiary/aromatic N) is 2. The van der Waals surface area contributed by atoms with Gasteiger partial charge in [0.15, 0.2) is 4.77 Å². The van der Waals surface area contributed by atoms with Crippen molar-refractivity contribution in [2.45, 2.75) is 25.4 Å². The van der Waals surface area contributed by atoms with Crippen LogP contribution in [0.25, 0.3) is 11.0 Å². The molecule has 3 nitrogen and oxygen atoms in total. The number of piperidine rings is 1. The molecule has 1 saturated heterocycles. The van der Waals surface area contributed by atoms with E-state index >= 15 is 0 Å². The summed E-state index contributed by atoms with van der Waals surface area (Å²) in [6, 6.07) is 14.3. The van der Waals surface area contributed by atoms with E-state index in [1.54, 1.807) is 6.07 Å². The zero-order valence-corrected chi connectivity index (χ0v) is 16.7. The van der Waals surface area contributed by atoms with Crippen LogP contribution in [0.3, 0.4) is 0 Å². The Hall–Kier alpha value is -1.25. The Bertz CT molecular complexity index is 950. The molecule has 4 rings (SSSR count). The van der Waals surface area contributed by atoms with Gasteiger partial charge in [0.25, 0.3) is 0 Å². The lowest BCUT2D eigenvalue weighted by atomic mass is 10.0. The Kier molecular flexibility index (Phi) is 4.92. The predicted molar refractivity (Wildman–Crippen MR) is 110 cm³/mol. The number of hydrogen-bond acceptors (Lipinski definition) is 2. The normalized spacial score (nSPS) is 18.7. The zero-order chi connectivity index (χ0) is 17.4. The van der Waals surface area contributed by atoms with E-state index in [-0.39, 0.29) is 11.9 Å². The first kappa shape index (κ1) is 17.2. The van der Waals surface area contributed by atoms with Gasteiger partial charge in [-0.1, -0.05) is 30.3 Å². The van der Waals surface area contributed by atoms with E-state index in [9.17, 15) is 4.39 Å². The number of benzene rings is 2. The first-order chi connectivity index (χ1) is 12.1. The van der Waals surface area contributed by atoms with E-state index in [1.807, 2.05) is 34.7 Å². The molecule has 0 saturated carbocycles. The van der Waals surface area contributed by atoms with Crippen LogP contribution in [0.5, 0.6) is 0 Å². The average molecular weight is 467 g/mol. The van der Waals surface area contributed by atoms with Gasteiger partial charge in [-0.2, -0.15) is 0 Å². The van der Waals surface area contributed by atoms with Crippen molar-refractivity contribution in [3.63, 3.8) is 0 Å². The van der Waals surface area contributed by atoms with Gasteiger partial charge in [-0.25, -0.2) is 4.39 Å². The molecule has 0 radical (unpaired) electrons. The molecule has 1 aromatic heterocycles. The molecule has 1 atom stereocenters. The third-order valence-corrected chi connectivity index (χ3v) is 5.98. The number of halogens is 2. The number of hydrogen-bond donors (Lipinski definition) is 1. The molecule has 2 heterocycles. The molecule has 2 aromatic carbocycles. The van der Waals surface area contributed by atoms with E-state index in [0.29, 0.717) is 8.34 Å². The molecule has 0 amide bonds. The fourth-order valence-electron chi connectivity index (χ4n) is 3.71. The van der Waals surface area contributed by atoms with Crippen molar-refractivity contribution < 1.29 is 4.39 Å². The fraction of sp³-hybridized carbons (Fsp3) is 0.316. The standard InChI is InChI=1S/C19H19FIN3S/c20-15-9-18-17(10-16(15)21)22-19(25)24(18)14-7-4-8-23(12-14)11-13-5-2-1-3-6-13/h1-3,5-6,9-10,14H,4,7-8,11-12H2,(H,22,25). The molecule has 1 fully saturated rings. The van der Waals surface area contributed by atoms with Crippen molar-refractivity contribution in [1.82, 2.24) is 14.5 Å². The van der Waals surface area contributed by atoms with E-state index in [1.165, 1.54) is 5.56 Å². The molecule has 3 aromatic rings. The Balaban J connectivity index is 1.63. The molecule has 1 N–H and O–H groups in total. The van der Waals surface area contributed by atoms with Gasteiger partial charge in [0.05, 0.1) is 14.6 Å². The third-order valence-electron chi connectivity index (χ3n) is 4.85. The highest BCUT2D eigenvalue weighted by Gasteiger charge is 2.24. The molecule has 0 spiro atoms. The van der Waals surface area contributed by atoms with Crippen molar-refractivity contribution in [2.24, 2.45) is 0 Å². The summed E-state index contributed by atoms with van der Waals surface area (Å²) < 4.78 is 17.5. The van der Waals surface area contributed by atoms with Crippen LogP contribution in [0.15, 0.2) is 42.5 Å². The Morgan fingerprint density at radius 2 is 2.04 bits per heavy atom. The molecule has 0 bridgehead atoms. The van der Waals surface area contributed by atoms with Crippen LogP contribution in [0, 0.1) is 14.2 Å². The second kappa shape index (κ2) is 7.17. The van der Waals surface area contributed by atoms with E-state index in [4.69, 9.17) is 12.2 Å². The van der Waals surface area contributed by atoms with Gasteiger partial charge in [-0.3, -0.25) is 4.90 Å². The van der Waals surface area contributed by atoms with Crippen molar-refractivity contribution >= 4 is 45.8 Å². The first-order valence-corrected chi connectivity index (χ1v) is 9.96. The van der Waals surface area contributed by atoms with Crippen LogP contribution < -0.4 is 0 Å². The number of rotatable bonds is 3. The van der Waals surface area contributed by atoms with Crippen LogP contribution >= 0.6 is 34.8 Å².